The Bertz CT molecular complexity index is 1490. The standard InChI is InChI=1S/C29H28F3N5O4S/c1-17-14-23(41-3)12-13-24(17)37-25(38)16-42-28(37)36-26(39)33-18(2)15-19-4-8-21(9-5-19)34-27(40)35-22-10-6-20(7-11-22)29(30,31)32/h4-14,18H,15-16H2,1-3H3,(H,33,39)(H2,34,35,40). The molecule has 42 heavy (non-hydrogen) atoms. The van der Waals surface area contributed by atoms with E-state index >= 15 is 0 Å². The van der Waals surface area contributed by atoms with Crippen molar-refractivity contribution in [2.45, 2.75) is 32.5 Å². The first kappa shape index (κ1) is 30.4. The van der Waals surface area contributed by atoms with E-state index in [1.807, 2.05) is 13.8 Å². The summed E-state index contributed by atoms with van der Waals surface area (Å²) in [5.74, 6) is 0.663. The second kappa shape index (κ2) is 13.0. The van der Waals surface area contributed by atoms with E-state index in [1.165, 1.54) is 28.8 Å². The molecule has 1 unspecified atom stereocenters. The van der Waals surface area contributed by atoms with Crippen LogP contribution in [0.25, 0.3) is 0 Å². The molecule has 0 bridgehead atoms. The quantitative estimate of drug-likeness (QED) is 0.289. The maximum Gasteiger partial charge on any atom is 0.416 e. The molecule has 3 aromatic rings. The lowest BCUT2D eigenvalue weighted by Gasteiger charge is -2.19. The third-order valence-corrected chi connectivity index (χ3v) is 7.12. The first-order valence-corrected chi connectivity index (χ1v) is 13.8. The molecule has 0 spiro atoms. The van der Waals surface area contributed by atoms with Crippen LogP contribution < -0.4 is 25.6 Å². The Hall–Kier alpha value is -4.52. The van der Waals surface area contributed by atoms with Gasteiger partial charge in [-0.15, -0.1) is 0 Å². The van der Waals surface area contributed by atoms with Crippen LogP contribution in [0.15, 0.2) is 71.7 Å². The van der Waals surface area contributed by atoms with Crippen molar-refractivity contribution >= 4 is 52.0 Å². The highest BCUT2D eigenvalue weighted by Crippen LogP contribution is 2.32. The average molecular weight is 600 g/mol. The van der Waals surface area contributed by atoms with Crippen LogP contribution in [0, 0.1) is 6.92 Å². The molecule has 3 aromatic carbocycles. The van der Waals surface area contributed by atoms with E-state index in [-0.39, 0.29) is 23.4 Å². The zero-order valence-electron chi connectivity index (χ0n) is 22.9. The molecule has 0 aromatic heterocycles. The molecule has 1 fully saturated rings. The van der Waals surface area contributed by atoms with Gasteiger partial charge in [0.1, 0.15) is 5.75 Å². The van der Waals surface area contributed by atoms with Crippen LogP contribution in [0.1, 0.15) is 23.6 Å². The molecule has 0 radical (unpaired) electrons. The van der Waals surface area contributed by atoms with Crippen LogP contribution in [0.3, 0.4) is 0 Å². The monoisotopic (exact) mass is 599 g/mol. The summed E-state index contributed by atoms with van der Waals surface area (Å²) in [5.41, 5.74) is 2.20. The predicted octanol–water partition coefficient (Wildman–Crippen LogP) is 6.44. The number of benzene rings is 3. The molecule has 9 nitrogen and oxygen atoms in total. The number of halogens is 3. The fourth-order valence-electron chi connectivity index (χ4n) is 4.18. The predicted molar refractivity (Wildman–Crippen MR) is 157 cm³/mol. The molecular formula is C29H28F3N5O4S. The maximum atomic E-state index is 12.7. The lowest BCUT2D eigenvalue weighted by molar-refractivity contribution is -0.137. The average Bonchev–Trinajstić information content (AvgIpc) is 3.28. The summed E-state index contributed by atoms with van der Waals surface area (Å²) < 4.78 is 43.3. The number of rotatable bonds is 7. The topological polar surface area (TPSA) is 112 Å². The third kappa shape index (κ3) is 7.81. The van der Waals surface area contributed by atoms with E-state index in [0.29, 0.717) is 28.7 Å². The number of amidine groups is 1. The van der Waals surface area contributed by atoms with Crippen LogP contribution in [-0.4, -0.2) is 42.0 Å². The van der Waals surface area contributed by atoms with Gasteiger partial charge in [-0.3, -0.25) is 9.69 Å². The Balaban J connectivity index is 1.30. The fourth-order valence-corrected chi connectivity index (χ4v) is 5.04. The number of urea groups is 2. The van der Waals surface area contributed by atoms with Gasteiger partial charge in [-0.25, -0.2) is 9.59 Å². The largest absolute Gasteiger partial charge is 0.497 e. The van der Waals surface area contributed by atoms with Crippen molar-refractivity contribution in [2.75, 3.05) is 28.4 Å². The maximum absolute atomic E-state index is 12.7. The van der Waals surface area contributed by atoms with Crippen molar-refractivity contribution in [1.29, 1.82) is 0 Å². The van der Waals surface area contributed by atoms with Gasteiger partial charge in [0.2, 0.25) is 5.91 Å². The van der Waals surface area contributed by atoms with Gasteiger partial charge in [0.25, 0.3) is 0 Å². The van der Waals surface area contributed by atoms with Crippen molar-refractivity contribution in [1.82, 2.24) is 5.32 Å². The summed E-state index contributed by atoms with van der Waals surface area (Å²) in [7, 11) is 1.56. The molecule has 1 saturated heterocycles. The van der Waals surface area contributed by atoms with E-state index in [1.54, 1.807) is 49.6 Å². The van der Waals surface area contributed by atoms with Crippen molar-refractivity contribution in [3.8, 4) is 5.75 Å². The van der Waals surface area contributed by atoms with Gasteiger partial charge in [0.05, 0.1) is 24.1 Å². The number of aryl methyl sites for hydroxylation is 1. The zero-order valence-corrected chi connectivity index (χ0v) is 23.7. The number of thioether (sulfide) groups is 1. The normalized spacial score (nSPS) is 15.0. The van der Waals surface area contributed by atoms with Gasteiger partial charge in [0, 0.05) is 17.4 Å². The van der Waals surface area contributed by atoms with Gasteiger partial charge < -0.3 is 20.7 Å². The first-order valence-electron chi connectivity index (χ1n) is 12.8. The molecular weight excluding hydrogens is 571 g/mol. The highest BCUT2D eigenvalue weighted by molar-refractivity contribution is 8.15. The molecule has 1 heterocycles. The number of ether oxygens (including phenoxy) is 1. The van der Waals surface area contributed by atoms with Crippen LogP contribution in [-0.2, 0) is 17.4 Å². The molecule has 4 rings (SSSR count). The van der Waals surface area contributed by atoms with Gasteiger partial charge in [-0.1, -0.05) is 23.9 Å². The van der Waals surface area contributed by atoms with E-state index in [0.717, 1.165) is 23.3 Å². The molecule has 3 N–H and O–H groups in total. The Morgan fingerprint density at radius 3 is 2.21 bits per heavy atom. The molecule has 13 heteroatoms. The number of hydrogen-bond acceptors (Lipinski definition) is 5. The zero-order chi connectivity index (χ0) is 30.4. The summed E-state index contributed by atoms with van der Waals surface area (Å²) in [6.07, 6.45) is -3.98. The minimum atomic E-state index is -4.45. The molecule has 1 aliphatic heterocycles. The Labute approximate surface area is 244 Å². The SMILES string of the molecule is COc1ccc(N2C(=O)CSC2=NC(=O)NC(C)Cc2ccc(NC(=O)Nc3ccc(C(F)(F)F)cc3)cc2)c(C)c1. The lowest BCUT2D eigenvalue weighted by Crippen LogP contribution is -2.35. The summed E-state index contributed by atoms with van der Waals surface area (Å²) in [5, 5.41) is 8.21. The van der Waals surface area contributed by atoms with Gasteiger partial charge in [-0.2, -0.15) is 18.2 Å². The van der Waals surface area contributed by atoms with Crippen molar-refractivity contribution in [2.24, 2.45) is 4.99 Å². The lowest BCUT2D eigenvalue weighted by atomic mass is 10.1. The smallest absolute Gasteiger partial charge is 0.416 e. The highest BCUT2D eigenvalue weighted by Gasteiger charge is 2.32. The Morgan fingerprint density at radius 1 is 1.02 bits per heavy atom. The third-order valence-electron chi connectivity index (χ3n) is 6.20. The summed E-state index contributed by atoms with van der Waals surface area (Å²) >= 11 is 1.19. The second-order valence-corrected chi connectivity index (χ2v) is 10.4. The van der Waals surface area contributed by atoms with Crippen LogP contribution in [0.5, 0.6) is 5.75 Å². The summed E-state index contributed by atoms with van der Waals surface area (Å²) in [6, 6.07) is 14.9. The molecule has 0 saturated carbocycles. The molecule has 0 aliphatic carbocycles. The van der Waals surface area contributed by atoms with Crippen molar-refractivity contribution in [3.05, 3.63) is 83.4 Å². The molecule has 5 amide bonds. The number of methoxy groups -OCH3 is 1. The number of amides is 5. The van der Waals surface area contributed by atoms with Crippen molar-refractivity contribution < 1.29 is 32.3 Å². The first-order chi connectivity index (χ1) is 19.9. The van der Waals surface area contributed by atoms with Crippen LogP contribution in [0.4, 0.5) is 39.8 Å². The second-order valence-electron chi connectivity index (χ2n) is 9.47. The molecule has 1 atom stereocenters. The van der Waals surface area contributed by atoms with E-state index < -0.39 is 23.8 Å². The number of nitrogens with zero attached hydrogens (tertiary/aromatic N) is 2. The number of alkyl halides is 3. The van der Waals surface area contributed by atoms with Crippen molar-refractivity contribution in [3.63, 3.8) is 0 Å². The Morgan fingerprint density at radius 2 is 1.64 bits per heavy atom. The van der Waals surface area contributed by atoms with E-state index in [4.69, 9.17) is 4.74 Å². The van der Waals surface area contributed by atoms with E-state index in [9.17, 15) is 27.6 Å². The fraction of sp³-hybridized carbons (Fsp3) is 0.241. The summed E-state index contributed by atoms with van der Waals surface area (Å²) in [4.78, 5) is 43.1. The molecule has 220 valence electrons. The number of carbonyl (C=O) groups excluding carboxylic acids is 3. The Kier molecular flexibility index (Phi) is 9.41. The van der Waals surface area contributed by atoms with E-state index in [2.05, 4.69) is 20.9 Å². The minimum Gasteiger partial charge on any atom is -0.497 e. The number of hydrogen-bond donors (Lipinski definition) is 3. The minimum absolute atomic E-state index is 0.172. The summed E-state index contributed by atoms with van der Waals surface area (Å²) in [6.45, 7) is 3.67. The molecule has 1 aliphatic rings. The van der Waals surface area contributed by atoms with Gasteiger partial charge in [0.15, 0.2) is 5.17 Å². The van der Waals surface area contributed by atoms with Crippen LogP contribution >= 0.6 is 11.8 Å². The highest BCUT2D eigenvalue weighted by atomic mass is 32.2. The van der Waals surface area contributed by atoms with Crippen LogP contribution in [0.2, 0.25) is 0 Å². The number of anilines is 3. The van der Waals surface area contributed by atoms with Gasteiger partial charge >= 0.3 is 18.2 Å². The van der Waals surface area contributed by atoms with Gasteiger partial charge in [-0.05, 0) is 86.0 Å². The number of carbonyl (C=O) groups is 3. The number of aliphatic imine (C=N–C) groups is 1. The number of nitrogens with one attached hydrogen (secondary N) is 3.